The minimum Gasteiger partial charge on any atom is -0.477 e. The molecule has 2 aromatic carbocycles. The van der Waals surface area contributed by atoms with Crippen LogP contribution >= 0.6 is 0 Å². The van der Waals surface area contributed by atoms with Gasteiger partial charge in [-0.2, -0.15) is 0 Å². The third kappa shape index (κ3) is 6.02. The van der Waals surface area contributed by atoms with E-state index in [2.05, 4.69) is 30.6 Å². The number of aryl methyl sites for hydroxylation is 1. The van der Waals surface area contributed by atoms with Crippen molar-refractivity contribution in [3.8, 4) is 11.4 Å². The summed E-state index contributed by atoms with van der Waals surface area (Å²) in [5.41, 5.74) is 0.262. The highest BCUT2D eigenvalue weighted by molar-refractivity contribution is 7.90. The van der Waals surface area contributed by atoms with Gasteiger partial charge in [0.25, 0.3) is 10.0 Å². The number of nitrogens with one attached hydrogen (secondary N) is 2. The average Bonchev–Trinajstić information content (AvgIpc) is 3.39. The van der Waals surface area contributed by atoms with Crippen LogP contribution in [0.5, 0.6) is 0 Å². The number of carboxylic acid groups (broad SMARTS) is 1. The summed E-state index contributed by atoms with van der Waals surface area (Å²) in [6.07, 6.45) is 5.87. The molecule has 1 saturated carbocycles. The Kier molecular flexibility index (Phi) is 7.87. The summed E-state index contributed by atoms with van der Waals surface area (Å²) in [4.78, 5) is 27.3. The molecule has 2 atom stereocenters. The molecule has 3 aromatic heterocycles. The molecule has 0 unspecified atom stereocenters. The molecule has 0 amide bonds. The largest absolute Gasteiger partial charge is 0.477 e. The number of nitrogens with zero attached hydrogens (tertiary/aromatic N) is 5. The minimum atomic E-state index is -4.32. The summed E-state index contributed by atoms with van der Waals surface area (Å²) in [6.45, 7) is 1.79. The summed E-state index contributed by atoms with van der Waals surface area (Å²) >= 11 is 0. The van der Waals surface area contributed by atoms with Crippen LogP contribution < -0.4 is 10.6 Å². The molecule has 5 aromatic rings. The van der Waals surface area contributed by atoms with Crippen molar-refractivity contribution in [2.45, 2.75) is 49.6 Å². The van der Waals surface area contributed by atoms with Crippen molar-refractivity contribution in [1.82, 2.24) is 23.9 Å². The number of hydrogen-bond acceptors (Lipinski definition) is 9. The maximum Gasteiger partial charge on any atom is 0.354 e. The lowest BCUT2D eigenvalue weighted by molar-refractivity contribution is 0.0690. The Hall–Kier alpha value is -5.05. The van der Waals surface area contributed by atoms with Gasteiger partial charge in [0.1, 0.15) is 23.5 Å². The number of fused-ring (bicyclic) bond motifs is 1. The highest BCUT2D eigenvalue weighted by Gasteiger charge is 2.28. The number of aromatic nitrogens is 5. The molecule has 0 bridgehead atoms. The van der Waals surface area contributed by atoms with Gasteiger partial charge in [-0.05, 0) is 50.8 Å². The zero-order chi connectivity index (χ0) is 31.9. The van der Waals surface area contributed by atoms with E-state index in [4.69, 9.17) is 0 Å². The van der Waals surface area contributed by atoms with Crippen molar-refractivity contribution in [1.29, 1.82) is 0 Å². The molecular formula is C30H26F3N7O4S. The Morgan fingerprint density at radius 3 is 2.44 bits per heavy atom. The van der Waals surface area contributed by atoms with Gasteiger partial charge in [0.05, 0.1) is 11.1 Å². The summed E-state index contributed by atoms with van der Waals surface area (Å²) < 4.78 is 72.5. The molecule has 6 rings (SSSR count). The van der Waals surface area contributed by atoms with Crippen LogP contribution in [0.1, 0.15) is 41.7 Å². The van der Waals surface area contributed by atoms with Gasteiger partial charge >= 0.3 is 5.97 Å². The molecule has 3 heterocycles. The van der Waals surface area contributed by atoms with E-state index in [0.29, 0.717) is 24.7 Å². The number of carboxylic acids is 1. The van der Waals surface area contributed by atoms with Crippen molar-refractivity contribution in [3.63, 3.8) is 0 Å². The molecule has 3 N–H and O–H groups in total. The Morgan fingerprint density at radius 2 is 1.71 bits per heavy atom. The summed E-state index contributed by atoms with van der Waals surface area (Å²) in [5.74, 6) is -3.96. The van der Waals surface area contributed by atoms with Crippen molar-refractivity contribution in [2.24, 2.45) is 0 Å². The van der Waals surface area contributed by atoms with Crippen LogP contribution in [0.25, 0.3) is 22.3 Å². The van der Waals surface area contributed by atoms with E-state index in [0.717, 1.165) is 47.2 Å². The molecule has 232 valence electrons. The van der Waals surface area contributed by atoms with Crippen LogP contribution in [-0.2, 0) is 10.0 Å². The van der Waals surface area contributed by atoms with Gasteiger partial charge in [-0.25, -0.2) is 50.3 Å². The summed E-state index contributed by atoms with van der Waals surface area (Å²) in [7, 11) is -4.32. The third-order valence-corrected chi connectivity index (χ3v) is 9.27. The fourth-order valence-corrected chi connectivity index (χ4v) is 6.82. The maximum atomic E-state index is 15.2. The highest BCUT2D eigenvalue weighted by Crippen LogP contribution is 2.35. The summed E-state index contributed by atoms with van der Waals surface area (Å²) in [5, 5.41) is 15.4. The number of benzene rings is 2. The van der Waals surface area contributed by atoms with E-state index < -0.39 is 39.0 Å². The molecule has 0 spiro atoms. The number of hydrogen-bond donors (Lipinski definition) is 3. The molecule has 0 aliphatic heterocycles. The smallest absolute Gasteiger partial charge is 0.354 e. The second kappa shape index (κ2) is 11.8. The molecule has 1 aliphatic carbocycles. The monoisotopic (exact) mass is 637 g/mol. The van der Waals surface area contributed by atoms with Crippen LogP contribution in [0, 0.1) is 24.4 Å². The maximum absolute atomic E-state index is 15.2. The van der Waals surface area contributed by atoms with Crippen LogP contribution in [0.3, 0.4) is 0 Å². The fraction of sp³-hybridized carbons (Fsp3) is 0.233. The first-order chi connectivity index (χ1) is 21.5. The van der Waals surface area contributed by atoms with E-state index in [-0.39, 0.29) is 45.3 Å². The molecule has 1 fully saturated rings. The van der Waals surface area contributed by atoms with Gasteiger partial charge in [0.15, 0.2) is 29.0 Å². The quantitative estimate of drug-likeness (QED) is 0.202. The van der Waals surface area contributed by atoms with Gasteiger partial charge in [-0.15, -0.1) is 0 Å². The molecule has 1 aliphatic rings. The summed E-state index contributed by atoms with van der Waals surface area (Å²) in [6, 6.07) is 8.49. The number of carbonyl (C=O) groups is 1. The van der Waals surface area contributed by atoms with E-state index in [1.165, 1.54) is 18.2 Å². The van der Waals surface area contributed by atoms with Crippen molar-refractivity contribution in [3.05, 3.63) is 89.9 Å². The van der Waals surface area contributed by atoms with Crippen molar-refractivity contribution in [2.75, 3.05) is 10.6 Å². The minimum absolute atomic E-state index is 0.0108. The number of rotatable bonds is 8. The molecule has 11 nitrogen and oxygen atoms in total. The second-order valence-corrected chi connectivity index (χ2v) is 12.6. The Balaban J connectivity index is 1.31. The van der Waals surface area contributed by atoms with Crippen molar-refractivity contribution < 1.29 is 31.5 Å². The predicted octanol–water partition coefficient (Wildman–Crippen LogP) is 5.38. The van der Waals surface area contributed by atoms with Gasteiger partial charge in [-0.1, -0.05) is 17.7 Å². The molecular weight excluding hydrogens is 611 g/mol. The van der Waals surface area contributed by atoms with E-state index in [9.17, 15) is 27.1 Å². The van der Waals surface area contributed by atoms with E-state index in [1.807, 2.05) is 0 Å². The van der Waals surface area contributed by atoms with Crippen molar-refractivity contribution >= 4 is 38.5 Å². The molecule has 15 heteroatoms. The normalized spacial score (nSPS) is 16.9. The molecule has 45 heavy (non-hydrogen) atoms. The number of aromatic carboxylic acids is 1. The van der Waals surface area contributed by atoms with Crippen LogP contribution in [-0.4, -0.2) is 55.5 Å². The second-order valence-electron chi connectivity index (χ2n) is 10.8. The number of halogens is 3. The number of anilines is 2. The first-order valence-corrected chi connectivity index (χ1v) is 15.4. The zero-order valence-corrected chi connectivity index (χ0v) is 24.5. The SMILES string of the molecule is Cc1ccc(S(=O)(=O)n2cc(-c3ncc(F)c(N[C@@H]4CCC[C@H](Nc5cc(C(=O)O)ncn5)C4)n3)c3cc(F)cc(F)c32)cc1. The zero-order valence-electron chi connectivity index (χ0n) is 23.7. The van der Waals surface area contributed by atoms with Crippen LogP contribution in [0.4, 0.5) is 24.8 Å². The predicted molar refractivity (Wildman–Crippen MR) is 159 cm³/mol. The van der Waals surface area contributed by atoms with Gasteiger partial charge in [0, 0.05) is 41.4 Å². The lowest BCUT2D eigenvalue weighted by atomic mass is 9.91. The molecule has 0 radical (unpaired) electrons. The lowest BCUT2D eigenvalue weighted by Crippen LogP contribution is -2.35. The standard InChI is InChI=1S/C30H26F3N7O4S/c1-16-5-7-20(8-6-16)45(43,44)40-14-22(21-9-17(31)10-23(32)27(21)40)28-34-13-24(33)29(39-28)38-19-4-2-3-18(11-19)37-26-12-25(30(41)42)35-15-36-26/h5-10,12-15,18-19H,2-4,11H2,1H3,(H,41,42)(H,34,38,39)(H,35,36,37)/t18-,19+/m0/s1. The van der Waals surface area contributed by atoms with Gasteiger partial charge in [0.2, 0.25) is 0 Å². The van der Waals surface area contributed by atoms with Gasteiger partial charge < -0.3 is 15.7 Å². The first kappa shape index (κ1) is 30.0. The molecule has 0 saturated heterocycles. The highest BCUT2D eigenvalue weighted by atomic mass is 32.2. The van der Waals surface area contributed by atoms with Gasteiger partial charge in [-0.3, -0.25) is 0 Å². The van der Waals surface area contributed by atoms with E-state index in [1.54, 1.807) is 19.1 Å². The topological polar surface area (TPSA) is 152 Å². The Bertz CT molecular complexity index is 2040. The third-order valence-electron chi connectivity index (χ3n) is 7.60. The van der Waals surface area contributed by atoms with Crippen LogP contribution in [0.2, 0.25) is 0 Å². The fourth-order valence-electron chi connectivity index (χ4n) is 5.44. The van der Waals surface area contributed by atoms with Crippen LogP contribution in [0.15, 0.2) is 66.1 Å². The lowest BCUT2D eigenvalue weighted by Gasteiger charge is -2.31. The Labute approximate surface area is 255 Å². The average molecular weight is 638 g/mol. The first-order valence-electron chi connectivity index (χ1n) is 13.9. The van der Waals surface area contributed by atoms with E-state index >= 15 is 4.39 Å². The Morgan fingerprint density at radius 1 is 0.978 bits per heavy atom.